The minimum atomic E-state index is -4.31. The molecule has 1 spiro atoms. The first-order valence-corrected chi connectivity index (χ1v) is 18.3. The molecule has 1 saturated heterocycles. The molecule has 0 unspecified atom stereocenters. The van der Waals surface area contributed by atoms with Gasteiger partial charge in [0.2, 0.25) is 17.7 Å². The molecule has 1 saturated carbocycles. The number of hydrogen-bond donors (Lipinski definition) is 2. The molecular formula is C36H42FN7O5S. The van der Waals surface area contributed by atoms with Crippen LogP contribution < -0.4 is 10.0 Å². The molecule has 14 heteroatoms. The first-order valence-electron chi connectivity index (χ1n) is 16.8. The largest absolute Gasteiger partial charge is 0.332 e. The molecule has 0 radical (unpaired) electrons. The molecule has 3 heterocycles. The molecule has 2 aliphatic heterocycles. The van der Waals surface area contributed by atoms with Gasteiger partial charge >= 0.3 is 0 Å². The SMILES string of the molecule is CN(C(=O)[C@H](CCC1CC1)NS(=O)(=O)c1ccn(-c2ccc(F)cc2)n1)[C@@H](CC(C)(C)C)C(=O)N1C[C@]2(C[C@H]1C#N)C(=O)Nc1ccccc12. The molecule has 2 aromatic carbocycles. The Morgan fingerprint density at radius 3 is 2.52 bits per heavy atom. The van der Waals surface area contributed by atoms with E-state index in [1.165, 1.54) is 58.1 Å². The lowest BCUT2D eigenvalue weighted by molar-refractivity contribution is -0.147. The first kappa shape index (κ1) is 35.2. The number of nitrogens with zero attached hydrogens (tertiary/aromatic N) is 5. The third-order valence-electron chi connectivity index (χ3n) is 9.91. The van der Waals surface area contributed by atoms with Crippen molar-refractivity contribution in [2.45, 2.75) is 87.9 Å². The summed E-state index contributed by atoms with van der Waals surface area (Å²) in [5.74, 6) is -1.38. The van der Waals surface area contributed by atoms with Gasteiger partial charge in [0.25, 0.3) is 10.0 Å². The van der Waals surface area contributed by atoms with Crippen molar-refractivity contribution in [2.24, 2.45) is 11.3 Å². The number of nitriles is 1. The number of halogens is 1. The number of benzene rings is 2. The average molecular weight is 704 g/mol. The van der Waals surface area contributed by atoms with Gasteiger partial charge < -0.3 is 15.1 Å². The Kier molecular flexibility index (Phi) is 9.34. The molecule has 3 amide bonds. The number of amides is 3. The summed E-state index contributed by atoms with van der Waals surface area (Å²) < 4.78 is 44.6. The summed E-state index contributed by atoms with van der Waals surface area (Å²) in [6, 6.07) is 13.0. The molecule has 0 bridgehead atoms. The normalized spacial score (nSPS) is 21.4. The number of sulfonamides is 1. The number of rotatable bonds is 11. The quantitative estimate of drug-likeness (QED) is 0.304. The third-order valence-corrected chi connectivity index (χ3v) is 11.3. The average Bonchev–Trinajstić information content (AvgIpc) is 3.49. The van der Waals surface area contributed by atoms with E-state index in [9.17, 15) is 32.5 Å². The van der Waals surface area contributed by atoms with Crippen LogP contribution in [0.2, 0.25) is 0 Å². The monoisotopic (exact) mass is 703 g/mol. The Morgan fingerprint density at radius 1 is 1.16 bits per heavy atom. The van der Waals surface area contributed by atoms with Crippen LogP contribution in [-0.4, -0.2) is 77.4 Å². The van der Waals surface area contributed by atoms with Crippen LogP contribution in [0, 0.1) is 28.5 Å². The fraction of sp³-hybridized carbons (Fsp3) is 0.472. The van der Waals surface area contributed by atoms with Gasteiger partial charge in [-0.05, 0) is 72.6 Å². The number of para-hydroxylation sites is 1. The van der Waals surface area contributed by atoms with Crippen molar-refractivity contribution < 1.29 is 27.2 Å². The second-order valence-corrected chi connectivity index (χ2v) is 16.6. The van der Waals surface area contributed by atoms with E-state index < -0.39 is 56.6 Å². The zero-order valence-electron chi connectivity index (χ0n) is 28.6. The van der Waals surface area contributed by atoms with Gasteiger partial charge in [-0.3, -0.25) is 14.4 Å². The van der Waals surface area contributed by atoms with E-state index in [4.69, 9.17) is 0 Å². The molecule has 3 aliphatic rings. The van der Waals surface area contributed by atoms with Crippen LogP contribution in [0.4, 0.5) is 10.1 Å². The van der Waals surface area contributed by atoms with Crippen molar-refractivity contribution in [1.82, 2.24) is 24.3 Å². The van der Waals surface area contributed by atoms with Crippen LogP contribution in [0.3, 0.4) is 0 Å². The molecule has 50 heavy (non-hydrogen) atoms. The van der Waals surface area contributed by atoms with Crippen molar-refractivity contribution in [3.05, 3.63) is 72.2 Å². The molecule has 3 aromatic rings. The first-order chi connectivity index (χ1) is 23.6. The lowest BCUT2D eigenvalue weighted by Gasteiger charge is -2.37. The highest BCUT2D eigenvalue weighted by molar-refractivity contribution is 7.89. The van der Waals surface area contributed by atoms with E-state index in [0.717, 1.165) is 18.4 Å². The summed E-state index contributed by atoms with van der Waals surface area (Å²) in [4.78, 5) is 45.0. The molecule has 264 valence electrons. The maximum Gasteiger partial charge on any atom is 0.260 e. The van der Waals surface area contributed by atoms with E-state index in [2.05, 4.69) is 21.2 Å². The van der Waals surface area contributed by atoms with Crippen molar-refractivity contribution in [1.29, 1.82) is 5.26 Å². The van der Waals surface area contributed by atoms with Crippen molar-refractivity contribution in [2.75, 3.05) is 18.9 Å². The van der Waals surface area contributed by atoms with Crippen LogP contribution in [0.15, 0.2) is 65.8 Å². The van der Waals surface area contributed by atoms with Gasteiger partial charge in [-0.2, -0.15) is 15.1 Å². The number of likely N-dealkylation sites (N-methyl/N-ethyl adjacent to an activating group) is 1. The Labute approximate surface area is 291 Å². The molecule has 2 N–H and O–H groups in total. The van der Waals surface area contributed by atoms with Crippen LogP contribution >= 0.6 is 0 Å². The molecule has 6 rings (SSSR count). The standard InChI is InChI=1S/C36H42FN7O5S/c1-35(2,3)20-30(33(46)43-22-36(19-26(43)21-38)27-7-5-6-8-28(27)39-34(36)47)42(4)32(45)29(16-11-23-9-10-23)41-50(48,49)31-17-18-44(40-31)25-14-12-24(37)13-15-25/h5-8,12-15,17-18,23,26,29-30,41H,9-11,16,19-20,22H2,1-4H3,(H,39,47)/t26-,29-,30-,36-/m0/s1. The topological polar surface area (TPSA) is 158 Å². The minimum Gasteiger partial charge on any atom is -0.332 e. The predicted molar refractivity (Wildman–Crippen MR) is 183 cm³/mol. The predicted octanol–water partition coefficient (Wildman–Crippen LogP) is 4.13. The maximum absolute atomic E-state index is 14.5. The molecule has 2 fully saturated rings. The number of carbonyl (C=O) groups is 3. The number of likely N-dealkylation sites (tertiary alicyclic amines) is 1. The maximum atomic E-state index is 14.5. The van der Waals surface area contributed by atoms with E-state index >= 15 is 0 Å². The smallest absolute Gasteiger partial charge is 0.260 e. The summed E-state index contributed by atoms with van der Waals surface area (Å²) in [6.45, 7) is 5.78. The minimum absolute atomic E-state index is 0.0238. The fourth-order valence-corrected chi connectivity index (χ4v) is 8.17. The van der Waals surface area contributed by atoms with Crippen molar-refractivity contribution in [3.63, 3.8) is 0 Å². The second kappa shape index (κ2) is 13.3. The Bertz CT molecular complexity index is 1950. The van der Waals surface area contributed by atoms with Crippen molar-refractivity contribution >= 4 is 33.4 Å². The number of carbonyl (C=O) groups excluding carboxylic acids is 3. The van der Waals surface area contributed by atoms with Gasteiger partial charge in [0.15, 0.2) is 5.03 Å². The number of nitrogens with one attached hydrogen (secondary N) is 2. The number of aromatic nitrogens is 2. The van der Waals surface area contributed by atoms with E-state index in [0.29, 0.717) is 23.7 Å². The summed E-state index contributed by atoms with van der Waals surface area (Å²) >= 11 is 0. The highest BCUT2D eigenvalue weighted by Crippen LogP contribution is 2.46. The third kappa shape index (κ3) is 7.02. The van der Waals surface area contributed by atoms with Crippen LogP contribution in [0.1, 0.15) is 64.9 Å². The van der Waals surface area contributed by atoms with Gasteiger partial charge in [-0.15, -0.1) is 0 Å². The van der Waals surface area contributed by atoms with Crippen LogP contribution in [0.25, 0.3) is 5.69 Å². The number of hydrogen-bond acceptors (Lipinski definition) is 7. The van der Waals surface area contributed by atoms with Crippen LogP contribution in [0.5, 0.6) is 0 Å². The molecule has 12 nitrogen and oxygen atoms in total. The van der Waals surface area contributed by atoms with Gasteiger partial charge in [-0.1, -0.05) is 51.8 Å². The summed E-state index contributed by atoms with van der Waals surface area (Å²) in [5, 5.41) is 17.0. The molecule has 1 aromatic heterocycles. The summed E-state index contributed by atoms with van der Waals surface area (Å²) in [7, 11) is -2.82. The van der Waals surface area contributed by atoms with E-state index in [1.54, 1.807) is 6.07 Å². The van der Waals surface area contributed by atoms with E-state index in [1.807, 2.05) is 39.0 Å². The lowest BCUT2D eigenvalue weighted by Crippen LogP contribution is -2.56. The Balaban J connectivity index is 1.27. The van der Waals surface area contributed by atoms with Gasteiger partial charge in [0.05, 0.1) is 17.2 Å². The zero-order valence-corrected chi connectivity index (χ0v) is 29.4. The van der Waals surface area contributed by atoms with Crippen LogP contribution in [-0.2, 0) is 29.8 Å². The molecule has 1 aliphatic carbocycles. The molecule has 4 atom stereocenters. The van der Waals surface area contributed by atoms with Gasteiger partial charge in [0.1, 0.15) is 23.9 Å². The fourth-order valence-electron chi connectivity index (χ4n) is 7.02. The second-order valence-electron chi connectivity index (χ2n) is 14.9. The number of anilines is 1. The summed E-state index contributed by atoms with van der Waals surface area (Å²) in [5.41, 5.74) is 0.294. The van der Waals surface area contributed by atoms with Crippen molar-refractivity contribution in [3.8, 4) is 11.8 Å². The summed E-state index contributed by atoms with van der Waals surface area (Å²) in [6.07, 6.45) is 4.61. The highest BCUT2D eigenvalue weighted by atomic mass is 32.2. The Hall–Kier alpha value is -4.61. The van der Waals surface area contributed by atoms with E-state index in [-0.39, 0.29) is 36.7 Å². The Morgan fingerprint density at radius 2 is 1.86 bits per heavy atom. The zero-order chi connectivity index (χ0) is 36.0. The van der Waals surface area contributed by atoms with Gasteiger partial charge in [-0.25, -0.2) is 17.5 Å². The van der Waals surface area contributed by atoms with Gasteiger partial charge in [0, 0.05) is 31.9 Å². The molecular weight excluding hydrogens is 662 g/mol. The highest BCUT2D eigenvalue weighted by Gasteiger charge is 2.57. The lowest BCUT2D eigenvalue weighted by atomic mass is 9.80. The number of fused-ring (bicyclic) bond motifs is 2.